The summed E-state index contributed by atoms with van der Waals surface area (Å²) < 4.78 is 19.7. The number of rotatable bonds is 8. The minimum Gasteiger partial charge on any atom is -0.394 e. The van der Waals surface area contributed by atoms with E-state index >= 15 is 0 Å². The van der Waals surface area contributed by atoms with E-state index in [9.17, 15) is 4.57 Å². The lowest BCUT2D eigenvalue weighted by Crippen LogP contribution is -2.19. The quantitative estimate of drug-likeness (QED) is 0.370. The highest BCUT2D eigenvalue weighted by Crippen LogP contribution is 2.23. The van der Waals surface area contributed by atoms with Crippen LogP contribution in [-0.2, 0) is 13.6 Å². The van der Waals surface area contributed by atoms with Crippen LogP contribution in [0, 0.1) is 0 Å². The molecule has 2 unspecified atom stereocenters. The van der Waals surface area contributed by atoms with Crippen molar-refractivity contribution in [1.82, 2.24) is 0 Å². The highest BCUT2D eigenvalue weighted by atomic mass is 31.1. The van der Waals surface area contributed by atoms with Crippen LogP contribution in [0.1, 0.15) is 0 Å². The Balaban J connectivity index is 3.46. The van der Waals surface area contributed by atoms with Gasteiger partial charge in [-0.05, 0) is 0 Å². The molecule has 0 spiro atoms. The van der Waals surface area contributed by atoms with Crippen LogP contribution in [0.4, 0.5) is 0 Å². The van der Waals surface area contributed by atoms with E-state index in [0.717, 1.165) is 0 Å². The molecule has 0 bridgehead atoms. The summed E-state index contributed by atoms with van der Waals surface area (Å²) in [5.74, 6) is 0. The SMILES string of the molecule is O=[P+](OCC(O)CO)OCC(O)CO. The fourth-order valence-corrected chi connectivity index (χ4v) is 1.10. The Morgan fingerprint density at radius 3 is 1.64 bits per heavy atom. The lowest BCUT2D eigenvalue weighted by Gasteiger charge is -2.01. The minimum atomic E-state index is -2.45. The molecule has 0 heterocycles. The van der Waals surface area contributed by atoms with Gasteiger partial charge in [0.15, 0.2) is 0 Å². The average molecular weight is 229 g/mol. The van der Waals surface area contributed by atoms with Gasteiger partial charge in [-0.25, -0.2) is 0 Å². The molecule has 0 aromatic rings. The highest BCUT2D eigenvalue weighted by Gasteiger charge is 2.23. The van der Waals surface area contributed by atoms with E-state index in [4.69, 9.17) is 20.4 Å². The first kappa shape index (κ1) is 13.9. The van der Waals surface area contributed by atoms with Gasteiger partial charge in [-0.3, -0.25) is 0 Å². The van der Waals surface area contributed by atoms with E-state index in [-0.39, 0.29) is 13.2 Å². The van der Waals surface area contributed by atoms with Crippen LogP contribution in [0.2, 0.25) is 0 Å². The van der Waals surface area contributed by atoms with Crippen molar-refractivity contribution in [3.63, 3.8) is 0 Å². The molecule has 0 aromatic heterocycles. The molecule has 0 radical (unpaired) electrons. The van der Waals surface area contributed by atoms with Crippen molar-refractivity contribution in [3.05, 3.63) is 0 Å². The molecule has 0 fully saturated rings. The molecular formula is C6H14O7P+. The van der Waals surface area contributed by atoms with Gasteiger partial charge in [-0.1, -0.05) is 0 Å². The van der Waals surface area contributed by atoms with E-state index in [1.54, 1.807) is 0 Å². The smallest absolute Gasteiger partial charge is 0.394 e. The summed E-state index contributed by atoms with van der Waals surface area (Å²) in [4.78, 5) is 0. The van der Waals surface area contributed by atoms with Gasteiger partial charge in [0.25, 0.3) is 0 Å². The topological polar surface area (TPSA) is 116 Å². The van der Waals surface area contributed by atoms with Gasteiger partial charge >= 0.3 is 8.25 Å². The maximum atomic E-state index is 10.8. The third kappa shape index (κ3) is 7.28. The fourth-order valence-electron chi connectivity index (χ4n) is 0.436. The minimum absolute atomic E-state index is 0.319. The third-order valence-electron chi connectivity index (χ3n) is 1.17. The molecule has 8 heteroatoms. The second-order valence-electron chi connectivity index (χ2n) is 2.49. The monoisotopic (exact) mass is 229 g/mol. The summed E-state index contributed by atoms with van der Waals surface area (Å²) >= 11 is 0. The van der Waals surface area contributed by atoms with Crippen LogP contribution in [-0.4, -0.2) is 59.1 Å². The van der Waals surface area contributed by atoms with Crippen molar-refractivity contribution in [2.24, 2.45) is 0 Å². The maximum absolute atomic E-state index is 10.8. The van der Waals surface area contributed by atoms with E-state index < -0.39 is 33.7 Å². The predicted molar refractivity (Wildman–Crippen MR) is 45.7 cm³/mol. The fraction of sp³-hybridized carbons (Fsp3) is 1.00. The number of aliphatic hydroxyl groups is 4. The summed E-state index contributed by atoms with van der Waals surface area (Å²) in [6.07, 6.45) is -2.22. The summed E-state index contributed by atoms with van der Waals surface area (Å²) in [5, 5.41) is 34.3. The van der Waals surface area contributed by atoms with E-state index in [1.807, 2.05) is 0 Å². The van der Waals surface area contributed by atoms with Crippen molar-refractivity contribution >= 4 is 8.25 Å². The molecular weight excluding hydrogens is 215 g/mol. The summed E-state index contributed by atoms with van der Waals surface area (Å²) in [7, 11) is -2.45. The van der Waals surface area contributed by atoms with Crippen molar-refractivity contribution in [2.75, 3.05) is 26.4 Å². The first-order valence-corrected chi connectivity index (χ1v) is 5.00. The molecule has 2 atom stereocenters. The van der Waals surface area contributed by atoms with Gasteiger partial charge < -0.3 is 20.4 Å². The van der Waals surface area contributed by atoms with E-state index in [2.05, 4.69) is 9.05 Å². The lowest BCUT2D eigenvalue weighted by atomic mass is 10.4. The third-order valence-corrected chi connectivity index (χ3v) is 1.89. The van der Waals surface area contributed by atoms with Gasteiger partial charge in [-0.15, -0.1) is 9.05 Å². The summed E-state index contributed by atoms with van der Waals surface area (Å²) in [6, 6.07) is 0. The highest BCUT2D eigenvalue weighted by molar-refractivity contribution is 7.33. The van der Waals surface area contributed by atoms with Gasteiger partial charge in [0, 0.05) is 4.57 Å². The molecule has 7 nitrogen and oxygen atoms in total. The van der Waals surface area contributed by atoms with Gasteiger partial charge in [0.1, 0.15) is 25.4 Å². The molecule has 0 saturated carbocycles. The molecule has 0 aliphatic rings. The molecule has 0 rings (SSSR count). The number of aliphatic hydroxyl groups excluding tert-OH is 4. The van der Waals surface area contributed by atoms with Crippen molar-refractivity contribution in [3.8, 4) is 0 Å². The van der Waals surface area contributed by atoms with Crippen LogP contribution in [0.3, 0.4) is 0 Å². The Morgan fingerprint density at radius 1 is 1.00 bits per heavy atom. The van der Waals surface area contributed by atoms with Crippen molar-refractivity contribution in [2.45, 2.75) is 12.2 Å². The number of hydrogen-bond donors (Lipinski definition) is 4. The van der Waals surface area contributed by atoms with Crippen molar-refractivity contribution < 1.29 is 34.0 Å². The van der Waals surface area contributed by atoms with Gasteiger partial charge in [0.05, 0.1) is 13.2 Å². The van der Waals surface area contributed by atoms with Crippen LogP contribution < -0.4 is 0 Å². The van der Waals surface area contributed by atoms with Gasteiger partial charge in [-0.2, -0.15) is 0 Å². The summed E-state index contributed by atoms with van der Waals surface area (Å²) in [6.45, 7) is -1.63. The standard InChI is InChI=1S/C6H14O7P/c7-1-5(9)3-12-14(11)13-4-6(10)2-8/h5-10H,1-4H2/q+1. The Labute approximate surface area is 81.8 Å². The number of hydrogen-bond acceptors (Lipinski definition) is 7. The molecule has 0 aromatic carbocycles. The Kier molecular flexibility index (Phi) is 8.11. The molecule has 84 valence electrons. The first-order valence-electron chi connectivity index (χ1n) is 3.91. The largest absolute Gasteiger partial charge is 0.697 e. The van der Waals surface area contributed by atoms with Crippen LogP contribution in [0.5, 0.6) is 0 Å². The molecule has 0 aliphatic carbocycles. The van der Waals surface area contributed by atoms with E-state index in [0.29, 0.717) is 0 Å². The molecule has 14 heavy (non-hydrogen) atoms. The second-order valence-corrected chi connectivity index (χ2v) is 3.45. The summed E-state index contributed by atoms with van der Waals surface area (Å²) in [5.41, 5.74) is 0. The Hall–Kier alpha value is -0.140. The Morgan fingerprint density at radius 2 is 1.36 bits per heavy atom. The zero-order valence-electron chi connectivity index (χ0n) is 7.44. The Bertz CT molecular complexity index is 148. The molecule has 4 N–H and O–H groups in total. The van der Waals surface area contributed by atoms with Crippen LogP contribution >= 0.6 is 8.25 Å². The van der Waals surface area contributed by atoms with Crippen LogP contribution in [0.25, 0.3) is 0 Å². The zero-order valence-corrected chi connectivity index (χ0v) is 8.34. The average Bonchev–Trinajstić information content (AvgIpc) is 2.22. The van der Waals surface area contributed by atoms with E-state index in [1.165, 1.54) is 0 Å². The normalized spacial score (nSPS) is 16.4. The van der Waals surface area contributed by atoms with Crippen molar-refractivity contribution in [1.29, 1.82) is 0 Å². The zero-order chi connectivity index (χ0) is 11.0. The lowest BCUT2D eigenvalue weighted by molar-refractivity contribution is 0.0338. The maximum Gasteiger partial charge on any atom is 0.697 e. The predicted octanol–water partition coefficient (Wildman–Crippen LogP) is -1.62. The second kappa shape index (κ2) is 8.19. The van der Waals surface area contributed by atoms with Gasteiger partial charge in [0.2, 0.25) is 0 Å². The molecule has 0 aliphatic heterocycles. The first-order chi connectivity index (χ1) is 6.60. The molecule has 0 amide bonds. The van der Waals surface area contributed by atoms with Crippen LogP contribution in [0.15, 0.2) is 0 Å². The molecule has 0 saturated heterocycles.